The second kappa shape index (κ2) is 14.6. The molecule has 0 saturated heterocycles. The number of unbranched alkanes of at least 4 members (excludes halogenated alkanes) is 6. The van der Waals surface area contributed by atoms with Gasteiger partial charge in [0.1, 0.15) is 6.10 Å². The Hall–Kier alpha value is -2.33. The van der Waals surface area contributed by atoms with E-state index in [4.69, 9.17) is 4.74 Å². The molecule has 168 valence electrons. The fourth-order valence-corrected chi connectivity index (χ4v) is 3.36. The topological polar surface area (TPSA) is 51.0 Å². The van der Waals surface area contributed by atoms with Gasteiger partial charge in [-0.05, 0) is 68.1 Å². The van der Waals surface area contributed by atoms with E-state index >= 15 is 0 Å². The van der Waals surface area contributed by atoms with E-state index in [9.17, 15) is 4.79 Å². The summed E-state index contributed by atoms with van der Waals surface area (Å²) in [6.07, 6.45) is 10.6. The van der Waals surface area contributed by atoms with Crippen LogP contribution in [0.1, 0.15) is 88.1 Å². The van der Waals surface area contributed by atoms with Gasteiger partial charge in [0.05, 0.1) is 11.4 Å². The van der Waals surface area contributed by atoms with Crippen molar-refractivity contribution in [2.24, 2.45) is 10.2 Å². The van der Waals surface area contributed by atoms with E-state index in [1.165, 1.54) is 44.1 Å². The highest BCUT2D eigenvalue weighted by Gasteiger charge is 2.15. The Morgan fingerprint density at radius 2 is 1.32 bits per heavy atom. The van der Waals surface area contributed by atoms with Crippen LogP contribution in [0.4, 0.5) is 11.4 Å². The van der Waals surface area contributed by atoms with E-state index in [2.05, 4.69) is 36.2 Å². The van der Waals surface area contributed by atoms with Gasteiger partial charge < -0.3 is 4.74 Å². The number of rotatable bonds is 15. The maximum absolute atomic E-state index is 12.4. The maximum Gasteiger partial charge on any atom is 0.191 e. The summed E-state index contributed by atoms with van der Waals surface area (Å²) >= 11 is 0. The smallest absolute Gasteiger partial charge is 0.191 e. The number of aryl methyl sites for hydroxylation is 1. The lowest BCUT2D eigenvalue weighted by molar-refractivity contribution is 0.0468. The van der Waals surface area contributed by atoms with Gasteiger partial charge in [-0.2, -0.15) is 10.2 Å². The zero-order valence-electron chi connectivity index (χ0n) is 19.5. The minimum atomic E-state index is -0.422. The second-order valence-electron chi connectivity index (χ2n) is 8.16. The quantitative estimate of drug-likeness (QED) is 0.164. The van der Waals surface area contributed by atoms with Crippen LogP contribution in [0.3, 0.4) is 0 Å². The van der Waals surface area contributed by atoms with Crippen LogP contribution in [0, 0.1) is 0 Å². The summed E-state index contributed by atoms with van der Waals surface area (Å²) in [7, 11) is 0. The van der Waals surface area contributed by atoms with Crippen molar-refractivity contribution in [1.29, 1.82) is 0 Å². The molecule has 0 amide bonds. The summed E-state index contributed by atoms with van der Waals surface area (Å²) in [5.74, 6) is 0.000504. The lowest BCUT2D eigenvalue weighted by Gasteiger charge is -2.11. The monoisotopic (exact) mass is 422 g/mol. The zero-order valence-corrected chi connectivity index (χ0v) is 19.5. The fraction of sp³-hybridized carbons (Fsp3) is 0.519. The molecular formula is C27H38N2O2. The average Bonchev–Trinajstić information content (AvgIpc) is 2.80. The number of carbonyl (C=O) groups excluding carboxylic acids is 1. The zero-order chi connectivity index (χ0) is 22.3. The highest BCUT2D eigenvalue weighted by atomic mass is 16.5. The number of nitrogens with zero attached hydrogens (tertiary/aromatic N) is 2. The first kappa shape index (κ1) is 24.9. The first-order valence-corrected chi connectivity index (χ1v) is 11.9. The van der Waals surface area contributed by atoms with Crippen LogP contribution >= 0.6 is 0 Å². The molecule has 2 aromatic carbocycles. The minimum absolute atomic E-state index is 0.000504. The van der Waals surface area contributed by atoms with Crippen LogP contribution < -0.4 is 0 Å². The van der Waals surface area contributed by atoms with E-state index in [-0.39, 0.29) is 5.78 Å². The van der Waals surface area contributed by atoms with E-state index in [0.29, 0.717) is 12.2 Å². The van der Waals surface area contributed by atoms with Gasteiger partial charge in [-0.1, -0.05) is 64.5 Å². The van der Waals surface area contributed by atoms with E-state index in [1.807, 2.05) is 31.2 Å². The third-order valence-corrected chi connectivity index (χ3v) is 5.42. The molecule has 0 aliphatic carbocycles. The highest BCUT2D eigenvalue weighted by Crippen LogP contribution is 2.21. The molecule has 0 saturated carbocycles. The Bertz CT molecular complexity index is 782. The molecule has 4 heteroatoms. The number of azo groups is 1. The van der Waals surface area contributed by atoms with Gasteiger partial charge in [-0.3, -0.25) is 4.79 Å². The number of ether oxygens (including phenoxy) is 1. The molecule has 4 nitrogen and oxygen atoms in total. The van der Waals surface area contributed by atoms with Crippen LogP contribution in [0.5, 0.6) is 0 Å². The van der Waals surface area contributed by atoms with Crippen LogP contribution in [0.2, 0.25) is 0 Å². The molecule has 0 spiro atoms. The van der Waals surface area contributed by atoms with E-state index in [1.54, 1.807) is 12.1 Å². The predicted octanol–water partition coefficient (Wildman–Crippen LogP) is 8.39. The number of Topliss-reactive ketones (excluding diaryl/α,β-unsaturated/α-hetero) is 1. The molecule has 1 atom stereocenters. The van der Waals surface area contributed by atoms with Gasteiger partial charge >= 0.3 is 0 Å². The summed E-state index contributed by atoms with van der Waals surface area (Å²) in [5, 5.41) is 8.62. The van der Waals surface area contributed by atoms with Crippen LogP contribution in [-0.2, 0) is 11.2 Å². The van der Waals surface area contributed by atoms with Crippen molar-refractivity contribution in [3.05, 3.63) is 59.7 Å². The van der Waals surface area contributed by atoms with Crippen LogP contribution in [0.15, 0.2) is 58.8 Å². The standard InChI is InChI=1S/C27H38N2O2/c1-4-6-8-9-10-11-12-23-13-17-25(18-14-23)28-29-26-19-15-24(16-20-26)27(30)22(3)31-21-7-5-2/h13-20,22H,4-12,21H2,1-3H3/b29-28+. The molecule has 31 heavy (non-hydrogen) atoms. The first-order valence-electron chi connectivity index (χ1n) is 11.9. The van der Waals surface area contributed by atoms with Gasteiger partial charge in [-0.25, -0.2) is 0 Å². The second-order valence-corrected chi connectivity index (χ2v) is 8.16. The van der Waals surface area contributed by atoms with Crippen LogP contribution in [-0.4, -0.2) is 18.5 Å². The van der Waals surface area contributed by atoms with E-state index < -0.39 is 6.10 Å². The van der Waals surface area contributed by atoms with Crippen molar-refractivity contribution in [2.45, 2.75) is 84.7 Å². The van der Waals surface area contributed by atoms with Gasteiger partial charge in [0, 0.05) is 12.2 Å². The van der Waals surface area contributed by atoms with Crippen molar-refractivity contribution in [3.8, 4) is 0 Å². The summed E-state index contributed by atoms with van der Waals surface area (Å²) in [6, 6.07) is 15.5. The van der Waals surface area contributed by atoms with Gasteiger partial charge in [0.2, 0.25) is 0 Å². The Labute approximate surface area is 188 Å². The molecule has 0 aliphatic rings. The molecule has 0 fully saturated rings. The molecule has 1 unspecified atom stereocenters. The van der Waals surface area contributed by atoms with Gasteiger partial charge in [0.15, 0.2) is 5.78 Å². The van der Waals surface area contributed by atoms with Crippen molar-refractivity contribution in [2.75, 3.05) is 6.61 Å². The van der Waals surface area contributed by atoms with Crippen molar-refractivity contribution < 1.29 is 9.53 Å². The lowest BCUT2D eigenvalue weighted by atomic mass is 10.0. The number of benzene rings is 2. The van der Waals surface area contributed by atoms with Gasteiger partial charge in [-0.15, -0.1) is 0 Å². The summed E-state index contributed by atoms with van der Waals surface area (Å²) < 4.78 is 5.60. The third-order valence-electron chi connectivity index (χ3n) is 5.42. The predicted molar refractivity (Wildman–Crippen MR) is 129 cm³/mol. The van der Waals surface area contributed by atoms with E-state index in [0.717, 1.165) is 30.6 Å². The van der Waals surface area contributed by atoms with Crippen LogP contribution in [0.25, 0.3) is 0 Å². The number of ketones is 1. The first-order chi connectivity index (χ1) is 15.1. The molecule has 0 aromatic heterocycles. The molecule has 0 bridgehead atoms. The lowest BCUT2D eigenvalue weighted by Crippen LogP contribution is -2.21. The number of carbonyl (C=O) groups is 1. The van der Waals surface area contributed by atoms with Crippen molar-refractivity contribution in [1.82, 2.24) is 0 Å². The maximum atomic E-state index is 12.4. The Balaban J connectivity index is 1.80. The minimum Gasteiger partial charge on any atom is -0.370 e. The Morgan fingerprint density at radius 3 is 1.94 bits per heavy atom. The Kier molecular flexibility index (Phi) is 11.8. The third kappa shape index (κ3) is 9.56. The fourth-order valence-electron chi connectivity index (χ4n) is 3.36. The molecule has 0 radical (unpaired) electrons. The molecular weight excluding hydrogens is 384 g/mol. The van der Waals surface area contributed by atoms with Crippen molar-refractivity contribution in [3.63, 3.8) is 0 Å². The summed E-state index contributed by atoms with van der Waals surface area (Å²) in [6.45, 7) is 6.78. The number of hydrogen-bond acceptors (Lipinski definition) is 4. The largest absolute Gasteiger partial charge is 0.370 e. The molecule has 2 rings (SSSR count). The highest BCUT2D eigenvalue weighted by molar-refractivity contribution is 5.99. The Morgan fingerprint density at radius 1 is 0.774 bits per heavy atom. The summed E-state index contributed by atoms with van der Waals surface area (Å²) in [4.78, 5) is 12.4. The SMILES string of the molecule is CCCCCCCCc1ccc(/N=N/c2ccc(C(=O)C(C)OCCCC)cc2)cc1. The molecule has 0 N–H and O–H groups in total. The molecule has 0 aliphatic heterocycles. The molecule has 2 aromatic rings. The average molecular weight is 423 g/mol. The normalized spacial score (nSPS) is 12.4. The molecule has 0 heterocycles. The number of hydrogen-bond donors (Lipinski definition) is 0. The van der Waals surface area contributed by atoms with Crippen molar-refractivity contribution >= 4 is 17.2 Å². The van der Waals surface area contributed by atoms with Gasteiger partial charge in [0.25, 0.3) is 0 Å². The summed E-state index contributed by atoms with van der Waals surface area (Å²) in [5.41, 5.74) is 3.56.